The summed E-state index contributed by atoms with van der Waals surface area (Å²) in [7, 11) is -3.20. The summed E-state index contributed by atoms with van der Waals surface area (Å²) in [4.78, 5) is 12.0. The van der Waals surface area contributed by atoms with Gasteiger partial charge in [-0.25, -0.2) is 12.7 Å². The van der Waals surface area contributed by atoms with E-state index in [1.54, 1.807) is 0 Å². The van der Waals surface area contributed by atoms with Crippen molar-refractivity contribution in [1.82, 2.24) is 9.62 Å². The van der Waals surface area contributed by atoms with E-state index in [2.05, 4.69) is 21.2 Å². The normalized spacial score (nSPS) is 19.3. The molecule has 1 fully saturated rings. The van der Waals surface area contributed by atoms with Crippen LogP contribution in [0.3, 0.4) is 0 Å². The van der Waals surface area contributed by atoms with E-state index in [0.29, 0.717) is 18.8 Å². The van der Waals surface area contributed by atoms with Crippen LogP contribution in [0.15, 0.2) is 28.7 Å². The molecule has 0 spiro atoms. The summed E-state index contributed by atoms with van der Waals surface area (Å²) in [5, 5.41) is 2.88. The lowest BCUT2D eigenvalue weighted by Gasteiger charge is -2.31. The topological polar surface area (TPSA) is 75.7 Å². The SMILES string of the molecule is CS(=O)(=O)N1CCCC(NC(=O)CCOc2cccc(Br)c2)C1. The molecule has 0 aromatic heterocycles. The molecule has 0 saturated carbocycles. The van der Waals surface area contributed by atoms with Crippen molar-refractivity contribution in [2.24, 2.45) is 0 Å². The highest BCUT2D eigenvalue weighted by molar-refractivity contribution is 9.10. The Kier molecular flexibility index (Phi) is 6.43. The number of benzene rings is 1. The molecule has 1 heterocycles. The zero-order valence-corrected chi connectivity index (χ0v) is 15.4. The van der Waals surface area contributed by atoms with Crippen LogP contribution in [-0.4, -0.2) is 50.6 Å². The van der Waals surface area contributed by atoms with E-state index >= 15 is 0 Å². The van der Waals surface area contributed by atoms with Gasteiger partial charge in [-0.15, -0.1) is 0 Å². The maximum Gasteiger partial charge on any atom is 0.223 e. The number of carbonyl (C=O) groups excluding carboxylic acids is 1. The number of piperidine rings is 1. The third kappa shape index (κ3) is 6.12. The summed E-state index contributed by atoms with van der Waals surface area (Å²) in [6.07, 6.45) is 2.99. The van der Waals surface area contributed by atoms with Gasteiger partial charge in [-0.1, -0.05) is 22.0 Å². The number of amides is 1. The first-order valence-corrected chi connectivity index (χ1v) is 10.1. The monoisotopic (exact) mass is 404 g/mol. The predicted octanol–water partition coefficient (Wildman–Crippen LogP) is 1.76. The second-order valence-electron chi connectivity index (χ2n) is 5.58. The fraction of sp³-hybridized carbons (Fsp3) is 0.533. The van der Waals surface area contributed by atoms with Gasteiger partial charge in [0.05, 0.1) is 19.3 Å². The molecule has 1 unspecified atom stereocenters. The highest BCUT2D eigenvalue weighted by atomic mass is 79.9. The van der Waals surface area contributed by atoms with Crippen molar-refractivity contribution in [2.45, 2.75) is 25.3 Å². The van der Waals surface area contributed by atoms with E-state index in [0.717, 1.165) is 17.3 Å². The lowest BCUT2D eigenvalue weighted by atomic mass is 10.1. The molecule has 8 heteroatoms. The molecular weight excluding hydrogens is 384 g/mol. The van der Waals surface area contributed by atoms with Gasteiger partial charge in [-0.2, -0.15) is 0 Å². The molecular formula is C15H21BrN2O4S. The summed E-state index contributed by atoms with van der Waals surface area (Å²) in [6, 6.07) is 7.30. The van der Waals surface area contributed by atoms with Crippen LogP contribution in [0.5, 0.6) is 5.75 Å². The molecule has 0 bridgehead atoms. The molecule has 0 radical (unpaired) electrons. The van der Waals surface area contributed by atoms with Gasteiger partial charge in [0, 0.05) is 23.6 Å². The number of halogens is 1. The van der Waals surface area contributed by atoms with Crippen LogP contribution in [0.25, 0.3) is 0 Å². The lowest BCUT2D eigenvalue weighted by molar-refractivity contribution is -0.122. The summed E-state index contributed by atoms with van der Waals surface area (Å²) in [6.45, 7) is 1.15. The number of nitrogens with zero attached hydrogens (tertiary/aromatic N) is 1. The van der Waals surface area contributed by atoms with E-state index in [1.165, 1.54) is 10.6 Å². The number of carbonyl (C=O) groups is 1. The van der Waals surface area contributed by atoms with Gasteiger partial charge >= 0.3 is 0 Å². The van der Waals surface area contributed by atoms with Crippen LogP contribution in [0, 0.1) is 0 Å². The van der Waals surface area contributed by atoms with Gasteiger partial charge in [-0.3, -0.25) is 4.79 Å². The average Bonchev–Trinajstić information content (AvgIpc) is 2.46. The van der Waals surface area contributed by atoms with Gasteiger partial charge < -0.3 is 10.1 Å². The zero-order chi connectivity index (χ0) is 16.9. The van der Waals surface area contributed by atoms with Crippen molar-refractivity contribution < 1.29 is 17.9 Å². The van der Waals surface area contributed by atoms with E-state index < -0.39 is 10.0 Å². The number of sulfonamides is 1. The first-order valence-electron chi connectivity index (χ1n) is 7.47. The fourth-order valence-corrected chi connectivity index (χ4v) is 3.77. The Balaban J connectivity index is 1.74. The van der Waals surface area contributed by atoms with Crippen molar-refractivity contribution >= 4 is 31.9 Å². The molecule has 1 saturated heterocycles. The predicted molar refractivity (Wildman–Crippen MR) is 91.8 cm³/mol. The quantitative estimate of drug-likeness (QED) is 0.783. The second-order valence-corrected chi connectivity index (χ2v) is 8.48. The van der Waals surface area contributed by atoms with E-state index in [1.807, 2.05) is 24.3 Å². The first-order chi connectivity index (χ1) is 10.8. The number of nitrogens with one attached hydrogen (secondary N) is 1. The minimum atomic E-state index is -3.20. The standard InChI is InChI=1S/C15H21BrN2O4S/c1-23(20,21)18-8-3-5-13(11-18)17-15(19)7-9-22-14-6-2-4-12(16)10-14/h2,4,6,10,13H,3,5,7-9,11H2,1H3,(H,17,19). The average molecular weight is 405 g/mol. The van der Waals surface area contributed by atoms with Gasteiger partial charge in [0.25, 0.3) is 0 Å². The largest absolute Gasteiger partial charge is 0.493 e. The minimum Gasteiger partial charge on any atom is -0.493 e. The summed E-state index contributed by atoms with van der Waals surface area (Å²) >= 11 is 3.36. The van der Waals surface area contributed by atoms with Crippen molar-refractivity contribution in [2.75, 3.05) is 26.0 Å². The maximum absolute atomic E-state index is 12.0. The van der Waals surface area contributed by atoms with Gasteiger partial charge in [0.2, 0.25) is 15.9 Å². The lowest BCUT2D eigenvalue weighted by Crippen LogP contribution is -2.49. The Bertz CT molecular complexity index is 651. The maximum atomic E-state index is 12.0. The molecule has 128 valence electrons. The smallest absolute Gasteiger partial charge is 0.223 e. The third-order valence-corrected chi connectivity index (χ3v) is 5.38. The van der Waals surface area contributed by atoms with Crippen LogP contribution in [0.2, 0.25) is 0 Å². The van der Waals surface area contributed by atoms with Crippen LogP contribution >= 0.6 is 15.9 Å². The molecule has 23 heavy (non-hydrogen) atoms. The molecule has 0 aliphatic carbocycles. The summed E-state index contributed by atoms with van der Waals surface area (Å²) in [5.74, 6) is 0.577. The molecule has 1 aliphatic heterocycles. The second kappa shape index (κ2) is 8.12. The Morgan fingerprint density at radius 3 is 2.96 bits per heavy atom. The fourth-order valence-electron chi connectivity index (χ4n) is 2.48. The van der Waals surface area contributed by atoms with Gasteiger partial charge in [0.15, 0.2) is 0 Å². The highest BCUT2D eigenvalue weighted by Gasteiger charge is 2.26. The molecule has 1 N–H and O–H groups in total. The number of ether oxygens (including phenoxy) is 1. The van der Waals surface area contributed by atoms with Gasteiger partial charge in [0.1, 0.15) is 5.75 Å². The molecule has 6 nitrogen and oxygen atoms in total. The number of hydrogen-bond acceptors (Lipinski definition) is 4. The van der Waals surface area contributed by atoms with Crippen molar-refractivity contribution in [3.63, 3.8) is 0 Å². The Morgan fingerprint density at radius 2 is 2.26 bits per heavy atom. The first kappa shape index (κ1) is 18.2. The van der Waals surface area contributed by atoms with Crippen LogP contribution < -0.4 is 10.1 Å². The molecule has 1 amide bonds. The van der Waals surface area contributed by atoms with E-state index in [4.69, 9.17) is 4.74 Å². The Morgan fingerprint density at radius 1 is 1.48 bits per heavy atom. The molecule has 1 aromatic carbocycles. The van der Waals surface area contributed by atoms with E-state index in [-0.39, 0.29) is 25.0 Å². The van der Waals surface area contributed by atoms with Crippen molar-refractivity contribution in [3.8, 4) is 5.75 Å². The van der Waals surface area contributed by atoms with Crippen molar-refractivity contribution in [3.05, 3.63) is 28.7 Å². The van der Waals surface area contributed by atoms with Crippen LogP contribution in [0.4, 0.5) is 0 Å². The van der Waals surface area contributed by atoms with Crippen LogP contribution in [0.1, 0.15) is 19.3 Å². The van der Waals surface area contributed by atoms with E-state index in [9.17, 15) is 13.2 Å². The summed E-state index contributed by atoms with van der Waals surface area (Å²) in [5.41, 5.74) is 0. The van der Waals surface area contributed by atoms with Gasteiger partial charge in [-0.05, 0) is 31.0 Å². The van der Waals surface area contributed by atoms with Crippen molar-refractivity contribution in [1.29, 1.82) is 0 Å². The third-order valence-electron chi connectivity index (χ3n) is 3.61. The molecule has 1 atom stereocenters. The molecule has 2 rings (SSSR count). The Hall–Kier alpha value is -1.12. The number of hydrogen-bond donors (Lipinski definition) is 1. The molecule has 1 aromatic rings. The zero-order valence-electron chi connectivity index (χ0n) is 13.0. The molecule has 1 aliphatic rings. The minimum absolute atomic E-state index is 0.125. The highest BCUT2D eigenvalue weighted by Crippen LogP contribution is 2.18. The van der Waals surface area contributed by atoms with Crippen LogP contribution in [-0.2, 0) is 14.8 Å². The summed E-state index contributed by atoms with van der Waals surface area (Å²) < 4.78 is 31.0. The Labute approximate surface area is 145 Å². The number of rotatable bonds is 6.